The smallest absolute Gasteiger partial charge is 0.237 e. The van der Waals surface area contributed by atoms with Crippen molar-refractivity contribution in [2.75, 3.05) is 0 Å². The standard InChI is InChI=1S/C12H25N2O/c1-3-5-6-7-8-9-10-11(13)12(15)14-4-2/h4,11H,3,5-10,13H2,1-2H3,(H,14,15). The molecule has 3 heteroatoms. The number of unbranched alkanes of at least 4 members (excludes halogenated alkanes) is 5. The van der Waals surface area contributed by atoms with E-state index in [0.29, 0.717) is 0 Å². The van der Waals surface area contributed by atoms with Crippen LogP contribution in [0, 0.1) is 6.54 Å². The number of nitrogens with two attached hydrogens (primary N) is 1. The molecule has 0 bridgehead atoms. The summed E-state index contributed by atoms with van der Waals surface area (Å²) in [5.74, 6) is -0.0638. The molecule has 0 heterocycles. The zero-order chi connectivity index (χ0) is 11.5. The monoisotopic (exact) mass is 213 g/mol. The molecule has 15 heavy (non-hydrogen) atoms. The maximum absolute atomic E-state index is 11.2. The summed E-state index contributed by atoms with van der Waals surface area (Å²) in [6, 6.07) is -0.340. The second-order valence-electron chi connectivity index (χ2n) is 3.96. The van der Waals surface area contributed by atoms with Gasteiger partial charge in [-0.3, -0.25) is 4.79 Å². The highest BCUT2D eigenvalue weighted by molar-refractivity contribution is 5.81. The Morgan fingerprint density at radius 1 is 1.27 bits per heavy atom. The molecule has 0 spiro atoms. The number of nitrogens with one attached hydrogen (secondary N) is 1. The van der Waals surface area contributed by atoms with Crippen LogP contribution in [0.15, 0.2) is 0 Å². The van der Waals surface area contributed by atoms with Gasteiger partial charge in [-0.05, 0) is 13.3 Å². The van der Waals surface area contributed by atoms with Crippen molar-refractivity contribution in [3.8, 4) is 0 Å². The molecule has 0 saturated heterocycles. The SMILES string of the molecule is C[CH]NC(=O)C(N)CCCCCCCC. The molecular formula is C12H25N2O. The first-order chi connectivity index (χ1) is 7.22. The van der Waals surface area contributed by atoms with Crippen LogP contribution in [-0.4, -0.2) is 11.9 Å². The lowest BCUT2D eigenvalue weighted by molar-refractivity contribution is -0.121. The topological polar surface area (TPSA) is 55.1 Å². The Labute approximate surface area is 93.8 Å². The van der Waals surface area contributed by atoms with Crippen molar-refractivity contribution in [3.63, 3.8) is 0 Å². The van der Waals surface area contributed by atoms with Crippen LogP contribution in [0.2, 0.25) is 0 Å². The molecule has 0 fully saturated rings. The molecule has 0 aromatic carbocycles. The van der Waals surface area contributed by atoms with E-state index in [0.717, 1.165) is 12.8 Å². The molecule has 0 aliphatic rings. The van der Waals surface area contributed by atoms with Crippen LogP contribution in [0.5, 0.6) is 0 Å². The van der Waals surface area contributed by atoms with Crippen LogP contribution in [0.25, 0.3) is 0 Å². The fourth-order valence-corrected chi connectivity index (χ4v) is 1.52. The minimum absolute atomic E-state index is 0.0638. The molecular weight excluding hydrogens is 188 g/mol. The Morgan fingerprint density at radius 3 is 2.47 bits per heavy atom. The highest BCUT2D eigenvalue weighted by Crippen LogP contribution is 2.07. The molecule has 3 N–H and O–H groups in total. The lowest BCUT2D eigenvalue weighted by Gasteiger charge is -2.10. The number of rotatable bonds is 9. The third-order valence-corrected chi connectivity index (χ3v) is 2.49. The van der Waals surface area contributed by atoms with Crippen LogP contribution in [0.1, 0.15) is 58.8 Å². The molecule has 1 radical (unpaired) electrons. The van der Waals surface area contributed by atoms with Crippen LogP contribution in [0.4, 0.5) is 0 Å². The van der Waals surface area contributed by atoms with Gasteiger partial charge in [0.15, 0.2) is 0 Å². The Bertz CT molecular complexity index is 160. The molecule has 0 aliphatic heterocycles. The Balaban J connectivity index is 3.30. The zero-order valence-electron chi connectivity index (χ0n) is 10.1. The number of carbonyl (C=O) groups excluding carboxylic acids is 1. The summed E-state index contributed by atoms with van der Waals surface area (Å²) < 4.78 is 0. The third kappa shape index (κ3) is 8.43. The molecule has 1 unspecified atom stereocenters. The first-order valence-corrected chi connectivity index (χ1v) is 6.06. The van der Waals surface area contributed by atoms with Gasteiger partial charge in [0, 0.05) is 6.54 Å². The Hall–Kier alpha value is -0.570. The molecule has 0 aliphatic carbocycles. The first-order valence-electron chi connectivity index (χ1n) is 6.06. The molecule has 1 atom stereocenters. The van der Waals surface area contributed by atoms with Gasteiger partial charge in [-0.25, -0.2) is 0 Å². The van der Waals surface area contributed by atoms with E-state index in [9.17, 15) is 4.79 Å². The van der Waals surface area contributed by atoms with Gasteiger partial charge in [-0.1, -0.05) is 45.4 Å². The van der Waals surface area contributed by atoms with Gasteiger partial charge in [0.05, 0.1) is 6.04 Å². The van der Waals surface area contributed by atoms with Crippen LogP contribution < -0.4 is 11.1 Å². The predicted molar refractivity (Wildman–Crippen MR) is 64.1 cm³/mol. The normalized spacial score (nSPS) is 12.5. The van der Waals surface area contributed by atoms with Crippen molar-refractivity contribution in [2.24, 2.45) is 5.73 Å². The maximum Gasteiger partial charge on any atom is 0.237 e. The highest BCUT2D eigenvalue weighted by atomic mass is 16.2. The van der Waals surface area contributed by atoms with Crippen molar-refractivity contribution in [1.29, 1.82) is 0 Å². The van der Waals surface area contributed by atoms with Crippen LogP contribution in [0.3, 0.4) is 0 Å². The highest BCUT2D eigenvalue weighted by Gasteiger charge is 2.10. The number of amides is 1. The number of hydrogen-bond donors (Lipinski definition) is 2. The first kappa shape index (κ1) is 14.4. The van der Waals surface area contributed by atoms with Gasteiger partial charge in [-0.15, -0.1) is 0 Å². The summed E-state index contributed by atoms with van der Waals surface area (Å²) in [5.41, 5.74) is 5.71. The van der Waals surface area contributed by atoms with E-state index in [2.05, 4.69) is 12.2 Å². The van der Waals surface area contributed by atoms with Gasteiger partial charge in [-0.2, -0.15) is 0 Å². The molecule has 1 amide bonds. The second kappa shape index (κ2) is 9.97. The fourth-order valence-electron chi connectivity index (χ4n) is 1.52. The van der Waals surface area contributed by atoms with Gasteiger partial charge < -0.3 is 11.1 Å². The van der Waals surface area contributed by atoms with Gasteiger partial charge in [0.25, 0.3) is 0 Å². The van der Waals surface area contributed by atoms with E-state index in [1.807, 2.05) is 0 Å². The van der Waals surface area contributed by atoms with Crippen LogP contribution >= 0.6 is 0 Å². The molecule has 3 nitrogen and oxygen atoms in total. The predicted octanol–water partition coefficient (Wildman–Crippen LogP) is 2.36. The van der Waals surface area contributed by atoms with E-state index in [1.165, 1.54) is 32.1 Å². The minimum Gasteiger partial charge on any atom is -0.350 e. The quantitative estimate of drug-likeness (QED) is 0.578. The Kier molecular flexibility index (Phi) is 9.59. The van der Waals surface area contributed by atoms with Gasteiger partial charge in [0.1, 0.15) is 0 Å². The van der Waals surface area contributed by atoms with E-state index >= 15 is 0 Å². The van der Waals surface area contributed by atoms with E-state index in [1.54, 1.807) is 13.5 Å². The van der Waals surface area contributed by atoms with Crippen LogP contribution in [-0.2, 0) is 4.79 Å². The summed E-state index contributed by atoms with van der Waals surface area (Å²) in [7, 11) is 0. The van der Waals surface area contributed by atoms with E-state index in [4.69, 9.17) is 5.73 Å². The molecule has 89 valence electrons. The fraction of sp³-hybridized carbons (Fsp3) is 0.833. The summed E-state index contributed by atoms with van der Waals surface area (Å²) in [6.45, 7) is 5.63. The largest absolute Gasteiger partial charge is 0.350 e. The molecule has 0 saturated carbocycles. The Morgan fingerprint density at radius 2 is 1.87 bits per heavy atom. The van der Waals surface area contributed by atoms with Crippen molar-refractivity contribution in [2.45, 2.75) is 64.8 Å². The maximum atomic E-state index is 11.2. The minimum atomic E-state index is -0.340. The zero-order valence-corrected chi connectivity index (χ0v) is 10.1. The molecule has 0 aromatic rings. The number of carbonyl (C=O) groups is 1. The summed E-state index contributed by atoms with van der Waals surface area (Å²) in [4.78, 5) is 11.2. The van der Waals surface area contributed by atoms with Gasteiger partial charge >= 0.3 is 0 Å². The average Bonchev–Trinajstić information content (AvgIpc) is 2.23. The summed E-state index contributed by atoms with van der Waals surface area (Å²) in [6.07, 6.45) is 8.21. The third-order valence-electron chi connectivity index (χ3n) is 2.49. The summed E-state index contributed by atoms with van der Waals surface area (Å²) in [5, 5.41) is 2.62. The average molecular weight is 213 g/mol. The lowest BCUT2D eigenvalue weighted by atomic mass is 10.1. The van der Waals surface area contributed by atoms with Crippen molar-refractivity contribution >= 4 is 5.91 Å². The summed E-state index contributed by atoms with van der Waals surface area (Å²) >= 11 is 0. The van der Waals surface area contributed by atoms with Crippen molar-refractivity contribution < 1.29 is 4.79 Å². The number of hydrogen-bond acceptors (Lipinski definition) is 2. The van der Waals surface area contributed by atoms with Crippen molar-refractivity contribution in [1.82, 2.24) is 5.32 Å². The second-order valence-corrected chi connectivity index (χ2v) is 3.96. The van der Waals surface area contributed by atoms with Gasteiger partial charge in [0.2, 0.25) is 5.91 Å². The molecule has 0 rings (SSSR count). The lowest BCUT2D eigenvalue weighted by Crippen LogP contribution is -2.38. The van der Waals surface area contributed by atoms with Crippen molar-refractivity contribution in [3.05, 3.63) is 6.54 Å². The van der Waals surface area contributed by atoms with E-state index in [-0.39, 0.29) is 11.9 Å². The molecule has 0 aromatic heterocycles. The van der Waals surface area contributed by atoms with E-state index < -0.39 is 0 Å².